The van der Waals surface area contributed by atoms with Gasteiger partial charge >= 0.3 is 0 Å². The molecule has 5 nitrogen and oxygen atoms in total. The third kappa shape index (κ3) is 4.71. The number of fused-ring (bicyclic) bond motifs is 7. The van der Waals surface area contributed by atoms with Crippen molar-refractivity contribution < 1.29 is 0 Å². The van der Waals surface area contributed by atoms with E-state index in [0.717, 1.165) is 22.5 Å². The van der Waals surface area contributed by atoms with Gasteiger partial charge in [-0.1, -0.05) is 97.1 Å². The van der Waals surface area contributed by atoms with E-state index in [9.17, 15) is 0 Å². The summed E-state index contributed by atoms with van der Waals surface area (Å²) >= 11 is 0. The Labute approximate surface area is 305 Å². The van der Waals surface area contributed by atoms with E-state index < -0.39 is 0 Å². The molecule has 0 atom stereocenters. The van der Waals surface area contributed by atoms with Crippen molar-refractivity contribution in [1.82, 2.24) is 23.5 Å². The predicted molar refractivity (Wildman–Crippen MR) is 218 cm³/mol. The van der Waals surface area contributed by atoms with Crippen LogP contribution in [0.5, 0.6) is 0 Å². The summed E-state index contributed by atoms with van der Waals surface area (Å²) in [5.41, 5.74) is 13.8. The van der Waals surface area contributed by atoms with Gasteiger partial charge < -0.3 is 9.13 Å². The molecule has 0 bridgehead atoms. The number of hydrogen-bond donors (Lipinski definition) is 0. The van der Waals surface area contributed by atoms with Gasteiger partial charge in [0.25, 0.3) is 0 Å². The highest BCUT2D eigenvalue weighted by Gasteiger charge is 2.17. The normalized spacial score (nSPS) is 11.8. The number of benzene rings is 7. The summed E-state index contributed by atoms with van der Waals surface area (Å²) < 4.78 is 6.71. The standard InChI is InChI=1S/C48H31N5/c1-3-10-37(11-4-1)52-44-15-8-7-14-39(44)40-29-35(21-24-45(40)52)36-22-25-47-42(30-36)41-28-34(20-23-46(41)53(47)38-12-5-2-6-13-38)32-16-18-33(19-17-32)43-31-51-27-9-26-49-48(51)50-43/h1-31H. The molecule has 53 heavy (non-hydrogen) atoms. The van der Waals surface area contributed by atoms with Gasteiger partial charge in [-0.05, 0) is 95.1 Å². The average Bonchev–Trinajstić information content (AvgIpc) is 3.91. The van der Waals surface area contributed by atoms with Crippen molar-refractivity contribution in [2.45, 2.75) is 0 Å². The van der Waals surface area contributed by atoms with Gasteiger partial charge in [0.2, 0.25) is 5.78 Å². The maximum atomic E-state index is 4.72. The third-order valence-electron chi connectivity index (χ3n) is 10.5. The Balaban J connectivity index is 1.06. The molecular formula is C48H31N5. The maximum absolute atomic E-state index is 4.72. The van der Waals surface area contributed by atoms with Gasteiger partial charge in [-0.2, -0.15) is 0 Å². The maximum Gasteiger partial charge on any atom is 0.234 e. The van der Waals surface area contributed by atoms with Crippen LogP contribution in [0, 0.1) is 0 Å². The number of rotatable bonds is 5. The molecule has 4 heterocycles. The molecule has 0 aliphatic heterocycles. The van der Waals surface area contributed by atoms with Crippen molar-refractivity contribution in [3.63, 3.8) is 0 Å². The Morgan fingerprint density at radius 1 is 0.377 bits per heavy atom. The molecule has 0 saturated carbocycles. The molecule has 248 valence electrons. The number of para-hydroxylation sites is 3. The highest BCUT2D eigenvalue weighted by molar-refractivity contribution is 6.13. The molecule has 11 rings (SSSR count). The van der Waals surface area contributed by atoms with Gasteiger partial charge in [-0.15, -0.1) is 0 Å². The zero-order chi connectivity index (χ0) is 34.9. The van der Waals surface area contributed by atoms with Crippen molar-refractivity contribution >= 4 is 49.4 Å². The Bertz CT molecular complexity index is 3120. The van der Waals surface area contributed by atoms with Gasteiger partial charge in [0, 0.05) is 57.1 Å². The second kappa shape index (κ2) is 11.7. The zero-order valence-electron chi connectivity index (χ0n) is 28.6. The molecule has 0 spiro atoms. The fraction of sp³-hybridized carbons (Fsp3) is 0. The van der Waals surface area contributed by atoms with Crippen molar-refractivity contribution in [3.05, 3.63) is 188 Å². The van der Waals surface area contributed by atoms with Crippen LogP contribution in [0.1, 0.15) is 0 Å². The van der Waals surface area contributed by atoms with E-state index in [4.69, 9.17) is 4.98 Å². The zero-order valence-corrected chi connectivity index (χ0v) is 28.6. The predicted octanol–water partition coefficient (Wildman–Crippen LogP) is 11.9. The van der Waals surface area contributed by atoms with E-state index in [1.807, 2.05) is 22.9 Å². The molecule has 11 aromatic rings. The smallest absolute Gasteiger partial charge is 0.234 e. The lowest BCUT2D eigenvalue weighted by Crippen LogP contribution is -1.93. The van der Waals surface area contributed by atoms with Crippen LogP contribution in [0.4, 0.5) is 0 Å². The lowest BCUT2D eigenvalue weighted by molar-refractivity contribution is 1.11. The monoisotopic (exact) mass is 677 g/mol. The van der Waals surface area contributed by atoms with Crippen LogP contribution in [0.2, 0.25) is 0 Å². The summed E-state index contributed by atoms with van der Waals surface area (Å²) in [6.07, 6.45) is 5.77. The number of aromatic nitrogens is 5. The van der Waals surface area contributed by atoms with E-state index in [1.165, 1.54) is 66.0 Å². The minimum Gasteiger partial charge on any atom is -0.309 e. The highest BCUT2D eigenvalue weighted by Crippen LogP contribution is 2.39. The first-order valence-corrected chi connectivity index (χ1v) is 17.9. The van der Waals surface area contributed by atoms with Gasteiger partial charge in [0.1, 0.15) is 0 Å². The molecule has 0 aliphatic rings. The third-order valence-corrected chi connectivity index (χ3v) is 10.5. The van der Waals surface area contributed by atoms with Crippen LogP contribution in [-0.4, -0.2) is 23.5 Å². The summed E-state index contributed by atoms with van der Waals surface area (Å²) in [5, 5.41) is 4.95. The summed E-state index contributed by atoms with van der Waals surface area (Å²) in [4.78, 5) is 9.10. The van der Waals surface area contributed by atoms with E-state index in [1.54, 1.807) is 6.20 Å². The molecule has 0 aliphatic carbocycles. The lowest BCUT2D eigenvalue weighted by Gasteiger charge is -2.09. The fourth-order valence-corrected chi connectivity index (χ4v) is 8.05. The van der Waals surface area contributed by atoms with E-state index in [2.05, 4.69) is 178 Å². The van der Waals surface area contributed by atoms with Crippen LogP contribution < -0.4 is 0 Å². The summed E-state index contributed by atoms with van der Waals surface area (Å²) in [5.74, 6) is 0.699. The second-order valence-corrected chi connectivity index (χ2v) is 13.6. The topological polar surface area (TPSA) is 40.1 Å². The van der Waals surface area contributed by atoms with Crippen LogP contribution in [-0.2, 0) is 0 Å². The summed E-state index contributed by atoms with van der Waals surface area (Å²) in [6, 6.07) is 61.3. The number of nitrogens with zero attached hydrogens (tertiary/aromatic N) is 5. The van der Waals surface area contributed by atoms with Crippen LogP contribution in [0.3, 0.4) is 0 Å². The molecular weight excluding hydrogens is 647 g/mol. The quantitative estimate of drug-likeness (QED) is 0.182. The molecule has 0 fully saturated rings. The minimum atomic E-state index is 0.699. The van der Waals surface area contributed by atoms with Gasteiger partial charge in [0.05, 0.1) is 27.8 Å². The largest absolute Gasteiger partial charge is 0.309 e. The molecule has 0 radical (unpaired) electrons. The molecule has 5 heteroatoms. The van der Waals surface area contributed by atoms with Crippen molar-refractivity contribution in [2.75, 3.05) is 0 Å². The van der Waals surface area contributed by atoms with Crippen LogP contribution in [0.25, 0.3) is 94.3 Å². The van der Waals surface area contributed by atoms with Gasteiger partial charge in [-0.3, -0.25) is 4.40 Å². The molecule has 4 aromatic heterocycles. The Kier molecular flexibility index (Phi) is 6.48. The first-order chi connectivity index (χ1) is 26.3. The number of imidazole rings is 1. The van der Waals surface area contributed by atoms with E-state index in [-0.39, 0.29) is 0 Å². The molecule has 0 saturated heterocycles. The van der Waals surface area contributed by atoms with Gasteiger partial charge in [0.15, 0.2) is 0 Å². The van der Waals surface area contributed by atoms with Crippen LogP contribution in [0.15, 0.2) is 188 Å². The van der Waals surface area contributed by atoms with E-state index in [0.29, 0.717) is 5.78 Å². The number of hydrogen-bond acceptors (Lipinski definition) is 2. The second-order valence-electron chi connectivity index (χ2n) is 13.6. The van der Waals surface area contributed by atoms with Crippen molar-refractivity contribution in [2.24, 2.45) is 0 Å². The molecule has 0 N–H and O–H groups in total. The van der Waals surface area contributed by atoms with Crippen molar-refractivity contribution in [1.29, 1.82) is 0 Å². The summed E-state index contributed by atoms with van der Waals surface area (Å²) in [6.45, 7) is 0. The molecule has 0 unspecified atom stereocenters. The van der Waals surface area contributed by atoms with Crippen LogP contribution >= 0.6 is 0 Å². The lowest BCUT2D eigenvalue weighted by atomic mass is 9.98. The molecule has 7 aromatic carbocycles. The highest BCUT2D eigenvalue weighted by atomic mass is 15.1. The SMILES string of the molecule is c1ccc(-n2c3ccccc3c3cc(-c4ccc5c(c4)c4cc(-c6ccc(-c7cn8cccnc8n7)cc6)ccc4n5-c4ccccc4)ccc32)cc1. The molecule has 0 amide bonds. The van der Waals surface area contributed by atoms with E-state index >= 15 is 0 Å². The average molecular weight is 678 g/mol. The minimum absolute atomic E-state index is 0.699. The fourth-order valence-electron chi connectivity index (χ4n) is 8.05. The Hall–Kier alpha value is -7.24. The first kappa shape index (κ1) is 29.5. The summed E-state index contributed by atoms with van der Waals surface area (Å²) in [7, 11) is 0. The van der Waals surface area contributed by atoms with Crippen molar-refractivity contribution in [3.8, 4) is 44.9 Å². The first-order valence-electron chi connectivity index (χ1n) is 17.9. The Morgan fingerprint density at radius 2 is 0.849 bits per heavy atom. The van der Waals surface area contributed by atoms with Gasteiger partial charge in [-0.25, -0.2) is 9.97 Å². The Morgan fingerprint density at radius 3 is 1.43 bits per heavy atom.